The Morgan fingerprint density at radius 1 is 1.44 bits per heavy atom. The fourth-order valence-corrected chi connectivity index (χ4v) is 3.59. The Hall–Kier alpha value is -0.590. The molecular weight excluding hydrogens is 306 g/mol. The minimum Gasteiger partial charge on any atom is -0.398 e. The van der Waals surface area contributed by atoms with Crippen LogP contribution in [0.1, 0.15) is 10.6 Å². The number of aryl methyl sites for hydroxylation is 1. The molecule has 0 atom stereocenters. The van der Waals surface area contributed by atoms with Crippen molar-refractivity contribution in [3.8, 4) is 0 Å². The van der Waals surface area contributed by atoms with E-state index in [9.17, 15) is 0 Å². The molecule has 0 saturated carbocycles. The van der Waals surface area contributed by atoms with Crippen LogP contribution in [-0.2, 0) is 5.75 Å². The number of hydrogen-bond acceptors (Lipinski definition) is 5. The van der Waals surface area contributed by atoms with Crippen LogP contribution in [0.5, 0.6) is 0 Å². The van der Waals surface area contributed by atoms with E-state index in [1.54, 1.807) is 23.1 Å². The molecule has 2 aromatic rings. The number of thioether (sulfide) groups is 1. The monoisotopic (exact) mass is 315 g/mol. The first-order valence-corrected chi connectivity index (χ1v) is 7.22. The number of nitrogens with two attached hydrogens (primary N) is 1. The third-order valence-electron chi connectivity index (χ3n) is 1.97. The summed E-state index contributed by atoms with van der Waals surface area (Å²) in [5, 5.41) is 9.04. The lowest BCUT2D eigenvalue weighted by molar-refractivity contribution is 0.983. The molecule has 1 aromatic heterocycles. The topological polar surface area (TPSA) is 51.8 Å². The van der Waals surface area contributed by atoms with Gasteiger partial charge in [-0.05, 0) is 34.5 Å². The van der Waals surface area contributed by atoms with Crippen molar-refractivity contribution in [3.63, 3.8) is 0 Å². The number of nitrogen functional groups attached to an aromatic ring is 1. The van der Waals surface area contributed by atoms with Gasteiger partial charge in [0.1, 0.15) is 5.01 Å². The van der Waals surface area contributed by atoms with Gasteiger partial charge in [-0.15, -0.1) is 10.2 Å². The molecule has 0 radical (unpaired) electrons. The van der Waals surface area contributed by atoms with Crippen molar-refractivity contribution in [2.75, 3.05) is 5.73 Å². The molecule has 2 rings (SSSR count). The van der Waals surface area contributed by atoms with Crippen molar-refractivity contribution in [1.29, 1.82) is 0 Å². The summed E-state index contributed by atoms with van der Waals surface area (Å²) in [6.07, 6.45) is 0. The molecule has 0 bridgehead atoms. The average molecular weight is 316 g/mol. The molecule has 1 heterocycles. The first-order valence-electron chi connectivity index (χ1n) is 4.62. The van der Waals surface area contributed by atoms with E-state index in [-0.39, 0.29) is 0 Å². The van der Waals surface area contributed by atoms with Gasteiger partial charge in [0.15, 0.2) is 4.34 Å². The predicted molar refractivity (Wildman–Crippen MR) is 72.8 cm³/mol. The molecule has 0 saturated heterocycles. The number of hydrogen-bond donors (Lipinski definition) is 1. The van der Waals surface area contributed by atoms with Crippen molar-refractivity contribution in [2.24, 2.45) is 0 Å². The van der Waals surface area contributed by atoms with Crippen LogP contribution in [-0.4, -0.2) is 10.2 Å². The second kappa shape index (κ2) is 5.16. The van der Waals surface area contributed by atoms with E-state index in [1.807, 2.05) is 19.1 Å². The van der Waals surface area contributed by atoms with Gasteiger partial charge in [-0.3, -0.25) is 0 Å². The molecule has 3 nitrogen and oxygen atoms in total. The van der Waals surface area contributed by atoms with Crippen LogP contribution in [0.15, 0.2) is 27.0 Å². The van der Waals surface area contributed by atoms with Crippen LogP contribution in [0.25, 0.3) is 0 Å². The minimum atomic E-state index is 0.770. The number of aromatic nitrogens is 2. The third-order valence-corrected chi connectivity index (χ3v) is 4.96. The molecule has 84 valence electrons. The summed E-state index contributed by atoms with van der Waals surface area (Å²) in [6.45, 7) is 1.96. The lowest BCUT2D eigenvalue weighted by Crippen LogP contribution is -1.90. The molecule has 0 unspecified atom stereocenters. The third kappa shape index (κ3) is 2.75. The zero-order chi connectivity index (χ0) is 11.5. The Morgan fingerprint density at radius 2 is 2.25 bits per heavy atom. The predicted octanol–water partition coefficient (Wildman–Crippen LogP) is 3.48. The largest absolute Gasteiger partial charge is 0.398 e. The van der Waals surface area contributed by atoms with E-state index >= 15 is 0 Å². The molecule has 0 fully saturated rings. The summed E-state index contributed by atoms with van der Waals surface area (Å²) in [7, 11) is 0. The van der Waals surface area contributed by atoms with Crippen molar-refractivity contribution >= 4 is 44.7 Å². The van der Waals surface area contributed by atoms with Crippen molar-refractivity contribution in [3.05, 3.63) is 33.2 Å². The normalized spacial score (nSPS) is 10.6. The van der Waals surface area contributed by atoms with Crippen molar-refractivity contribution < 1.29 is 0 Å². The smallest absolute Gasteiger partial charge is 0.174 e. The number of nitrogens with zero attached hydrogens (tertiary/aromatic N) is 2. The summed E-state index contributed by atoms with van der Waals surface area (Å²) in [5.74, 6) is 0.847. The van der Waals surface area contributed by atoms with Crippen LogP contribution in [0.2, 0.25) is 0 Å². The van der Waals surface area contributed by atoms with Gasteiger partial charge in [-0.1, -0.05) is 35.2 Å². The summed E-state index contributed by atoms with van der Waals surface area (Å²) in [6, 6.07) is 5.90. The lowest BCUT2D eigenvalue weighted by Gasteiger charge is -2.04. The molecule has 0 spiro atoms. The average Bonchev–Trinajstić information content (AvgIpc) is 2.67. The summed E-state index contributed by atoms with van der Waals surface area (Å²) >= 11 is 6.78. The fraction of sp³-hybridized carbons (Fsp3) is 0.200. The zero-order valence-corrected chi connectivity index (χ0v) is 11.8. The van der Waals surface area contributed by atoms with Gasteiger partial charge in [-0.2, -0.15) is 0 Å². The van der Waals surface area contributed by atoms with Crippen LogP contribution in [0, 0.1) is 6.92 Å². The quantitative estimate of drug-likeness (QED) is 0.696. The van der Waals surface area contributed by atoms with E-state index in [0.717, 1.165) is 25.3 Å². The zero-order valence-electron chi connectivity index (χ0n) is 8.61. The van der Waals surface area contributed by atoms with Crippen LogP contribution >= 0.6 is 39.0 Å². The number of anilines is 1. The van der Waals surface area contributed by atoms with Crippen LogP contribution in [0.3, 0.4) is 0 Å². The highest BCUT2D eigenvalue weighted by atomic mass is 79.9. The Balaban J connectivity index is 2.07. The maximum Gasteiger partial charge on any atom is 0.174 e. The molecule has 0 aliphatic heterocycles. The SMILES string of the molecule is Cc1nnc(SCc2cccc(N)c2Br)s1. The minimum absolute atomic E-state index is 0.770. The van der Waals surface area contributed by atoms with E-state index in [0.29, 0.717) is 0 Å². The van der Waals surface area contributed by atoms with Crippen molar-refractivity contribution in [1.82, 2.24) is 10.2 Å². The first-order chi connectivity index (χ1) is 7.66. The standard InChI is InChI=1S/C10H10BrN3S2/c1-6-13-14-10(16-6)15-5-7-3-2-4-8(12)9(7)11/h2-4H,5,12H2,1H3. The number of benzene rings is 1. The molecule has 1 aromatic carbocycles. The highest BCUT2D eigenvalue weighted by Crippen LogP contribution is 2.31. The fourth-order valence-electron chi connectivity index (χ4n) is 1.19. The van der Waals surface area contributed by atoms with Gasteiger partial charge >= 0.3 is 0 Å². The van der Waals surface area contributed by atoms with E-state index in [4.69, 9.17) is 5.73 Å². The van der Waals surface area contributed by atoms with Gasteiger partial charge in [0, 0.05) is 15.9 Å². The molecular formula is C10H10BrN3S2. The highest BCUT2D eigenvalue weighted by Gasteiger charge is 2.06. The summed E-state index contributed by atoms with van der Waals surface area (Å²) < 4.78 is 1.97. The Morgan fingerprint density at radius 3 is 2.94 bits per heavy atom. The second-order valence-electron chi connectivity index (χ2n) is 3.20. The Kier molecular flexibility index (Phi) is 3.83. The molecule has 6 heteroatoms. The van der Waals surface area contributed by atoms with Crippen LogP contribution < -0.4 is 5.73 Å². The number of rotatable bonds is 3. The van der Waals surface area contributed by atoms with Crippen molar-refractivity contribution in [2.45, 2.75) is 17.0 Å². The lowest BCUT2D eigenvalue weighted by atomic mass is 10.2. The molecule has 0 aliphatic rings. The molecule has 0 amide bonds. The maximum absolute atomic E-state index is 5.81. The van der Waals surface area contributed by atoms with Gasteiger partial charge in [0.05, 0.1) is 0 Å². The van der Waals surface area contributed by atoms with Gasteiger partial charge in [-0.25, -0.2) is 0 Å². The number of halogens is 1. The van der Waals surface area contributed by atoms with Gasteiger partial charge in [0.2, 0.25) is 0 Å². The summed E-state index contributed by atoms with van der Waals surface area (Å²) in [4.78, 5) is 0. The molecule has 0 aliphatic carbocycles. The van der Waals surface area contributed by atoms with Gasteiger partial charge in [0.25, 0.3) is 0 Å². The van der Waals surface area contributed by atoms with E-state index in [1.165, 1.54) is 5.56 Å². The van der Waals surface area contributed by atoms with Gasteiger partial charge < -0.3 is 5.73 Å². The second-order valence-corrected chi connectivity index (χ2v) is 6.39. The molecule has 2 N–H and O–H groups in total. The highest BCUT2D eigenvalue weighted by molar-refractivity contribution is 9.10. The maximum atomic E-state index is 5.81. The van der Waals surface area contributed by atoms with E-state index in [2.05, 4.69) is 32.2 Å². The van der Waals surface area contributed by atoms with Crippen LogP contribution in [0.4, 0.5) is 5.69 Å². The first kappa shape index (κ1) is 11.9. The Labute approximate surface area is 111 Å². The summed E-state index contributed by atoms with van der Waals surface area (Å²) in [5.41, 5.74) is 7.76. The Bertz CT molecular complexity index is 499. The van der Waals surface area contributed by atoms with E-state index < -0.39 is 0 Å². The molecule has 16 heavy (non-hydrogen) atoms.